The van der Waals surface area contributed by atoms with Crippen LogP contribution in [0.2, 0.25) is 0 Å². The minimum atomic E-state index is 0.00611. The van der Waals surface area contributed by atoms with Crippen LogP contribution in [0.1, 0.15) is 46.5 Å². The second-order valence-corrected chi connectivity index (χ2v) is 6.44. The zero-order chi connectivity index (χ0) is 13.8. The molecule has 2 heterocycles. The van der Waals surface area contributed by atoms with Gasteiger partial charge in [-0.25, -0.2) is 0 Å². The lowest BCUT2D eigenvalue weighted by atomic mass is 9.89. The summed E-state index contributed by atoms with van der Waals surface area (Å²) in [5.74, 6) is 0.903. The number of amides is 1. The molecule has 0 radical (unpaired) electrons. The molecular formula is C15H29N3O. The minimum Gasteiger partial charge on any atom is -0.353 e. The van der Waals surface area contributed by atoms with Gasteiger partial charge in [-0.3, -0.25) is 9.69 Å². The maximum absolute atomic E-state index is 12.1. The van der Waals surface area contributed by atoms with Gasteiger partial charge in [0.25, 0.3) is 0 Å². The summed E-state index contributed by atoms with van der Waals surface area (Å²) < 4.78 is 0. The monoisotopic (exact) mass is 267 g/mol. The second kappa shape index (κ2) is 6.71. The topological polar surface area (TPSA) is 44.4 Å². The number of carbonyl (C=O) groups is 1. The van der Waals surface area contributed by atoms with Crippen molar-refractivity contribution in [1.82, 2.24) is 15.5 Å². The largest absolute Gasteiger partial charge is 0.353 e. The van der Waals surface area contributed by atoms with Crippen molar-refractivity contribution >= 4 is 5.91 Å². The number of piperidine rings is 1. The van der Waals surface area contributed by atoms with E-state index in [9.17, 15) is 4.79 Å². The maximum atomic E-state index is 12.1. The van der Waals surface area contributed by atoms with Crippen LogP contribution in [0.3, 0.4) is 0 Å². The van der Waals surface area contributed by atoms with Crippen LogP contribution in [0.4, 0.5) is 0 Å². The van der Waals surface area contributed by atoms with Gasteiger partial charge in [-0.05, 0) is 65.5 Å². The zero-order valence-corrected chi connectivity index (χ0v) is 12.6. The van der Waals surface area contributed by atoms with Gasteiger partial charge in [0, 0.05) is 18.6 Å². The summed E-state index contributed by atoms with van der Waals surface area (Å²) in [5.41, 5.74) is 0. The second-order valence-electron chi connectivity index (χ2n) is 6.44. The van der Waals surface area contributed by atoms with Gasteiger partial charge in [-0.1, -0.05) is 0 Å². The summed E-state index contributed by atoms with van der Waals surface area (Å²) in [6.07, 6.45) is 5.16. The number of nitrogens with one attached hydrogen (secondary N) is 2. The minimum absolute atomic E-state index is 0.00611. The number of hydrogen-bond acceptors (Lipinski definition) is 3. The van der Waals surface area contributed by atoms with Crippen molar-refractivity contribution in [1.29, 1.82) is 0 Å². The molecule has 0 aromatic carbocycles. The van der Waals surface area contributed by atoms with Gasteiger partial charge in [0.2, 0.25) is 5.91 Å². The van der Waals surface area contributed by atoms with E-state index < -0.39 is 0 Å². The summed E-state index contributed by atoms with van der Waals surface area (Å²) in [6, 6.07) is 0.918. The quantitative estimate of drug-likeness (QED) is 0.808. The van der Waals surface area contributed by atoms with Gasteiger partial charge >= 0.3 is 0 Å². The SMILES string of the molecule is CC(C)NC(=O)C(C)N1CCCC(C2CCCN2)C1. The third kappa shape index (κ3) is 3.93. The average Bonchev–Trinajstić information content (AvgIpc) is 2.91. The Labute approximate surface area is 117 Å². The highest BCUT2D eigenvalue weighted by molar-refractivity contribution is 5.81. The van der Waals surface area contributed by atoms with E-state index >= 15 is 0 Å². The summed E-state index contributed by atoms with van der Waals surface area (Å²) in [5, 5.41) is 6.65. The standard InChI is InChI=1S/C15H29N3O/c1-11(2)17-15(19)12(3)18-9-5-6-13(10-18)14-7-4-8-16-14/h11-14,16H,4-10H2,1-3H3,(H,17,19). The van der Waals surface area contributed by atoms with E-state index in [4.69, 9.17) is 0 Å². The van der Waals surface area contributed by atoms with Gasteiger partial charge in [-0.15, -0.1) is 0 Å². The lowest BCUT2D eigenvalue weighted by molar-refractivity contribution is -0.127. The first-order chi connectivity index (χ1) is 9.08. The Morgan fingerprint density at radius 1 is 1.26 bits per heavy atom. The molecule has 2 aliphatic heterocycles. The van der Waals surface area contributed by atoms with Crippen molar-refractivity contribution < 1.29 is 4.79 Å². The Bertz CT molecular complexity index is 300. The molecule has 0 saturated carbocycles. The molecule has 110 valence electrons. The van der Waals surface area contributed by atoms with Gasteiger partial charge in [-0.2, -0.15) is 0 Å². The van der Waals surface area contributed by atoms with Crippen molar-refractivity contribution in [3.05, 3.63) is 0 Å². The van der Waals surface area contributed by atoms with Crippen LogP contribution >= 0.6 is 0 Å². The van der Waals surface area contributed by atoms with Crippen LogP contribution in [0, 0.1) is 5.92 Å². The zero-order valence-electron chi connectivity index (χ0n) is 12.6. The number of rotatable bonds is 4. The Balaban J connectivity index is 1.87. The molecule has 3 unspecified atom stereocenters. The normalized spacial score (nSPS) is 30.5. The molecule has 2 saturated heterocycles. The van der Waals surface area contributed by atoms with Gasteiger partial charge in [0.05, 0.1) is 6.04 Å². The Kier molecular flexibility index (Phi) is 5.22. The van der Waals surface area contributed by atoms with Crippen molar-refractivity contribution in [2.24, 2.45) is 5.92 Å². The lowest BCUT2D eigenvalue weighted by Gasteiger charge is -2.38. The highest BCUT2D eigenvalue weighted by atomic mass is 16.2. The van der Waals surface area contributed by atoms with Crippen LogP contribution in [-0.2, 0) is 4.79 Å². The molecule has 2 aliphatic rings. The smallest absolute Gasteiger partial charge is 0.237 e. The summed E-state index contributed by atoms with van der Waals surface area (Å²) in [4.78, 5) is 14.5. The first-order valence-electron chi connectivity index (χ1n) is 7.85. The summed E-state index contributed by atoms with van der Waals surface area (Å²) >= 11 is 0. The molecule has 2 N–H and O–H groups in total. The molecule has 19 heavy (non-hydrogen) atoms. The van der Waals surface area contributed by atoms with Gasteiger partial charge in [0.15, 0.2) is 0 Å². The van der Waals surface area contributed by atoms with Crippen molar-refractivity contribution in [2.45, 2.75) is 64.6 Å². The summed E-state index contributed by atoms with van der Waals surface area (Å²) in [6.45, 7) is 9.39. The fraction of sp³-hybridized carbons (Fsp3) is 0.933. The van der Waals surface area contributed by atoms with E-state index in [1.165, 1.54) is 32.2 Å². The van der Waals surface area contributed by atoms with Crippen LogP contribution in [0.15, 0.2) is 0 Å². The van der Waals surface area contributed by atoms with Gasteiger partial charge in [0.1, 0.15) is 0 Å². The van der Waals surface area contributed by atoms with E-state index in [1.807, 2.05) is 20.8 Å². The Morgan fingerprint density at radius 3 is 2.68 bits per heavy atom. The molecule has 2 fully saturated rings. The number of nitrogens with zero attached hydrogens (tertiary/aromatic N) is 1. The molecule has 2 rings (SSSR count). The third-order valence-electron chi connectivity index (χ3n) is 4.51. The number of likely N-dealkylation sites (tertiary alicyclic amines) is 1. The van der Waals surface area contributed by atoms with E-state index in [2.05, 4.69) is 15.5 Å². The Hall–Kier alpha value is -0.610. The molecule has 0 bridgehead atoms. The predicted octanol–water partition coefficient (Wildman–Crippen LogP) is 1.36. The number of hydrogen-bond donors (Lipinski definition) is 2. The third-order valence-corrected chi connectivity index (χ3v) is 4.51. The molecule has 0 aromatic heterocycles. The van der Waals surface area contributed by atoms with E-state index in [0.29, 0.717) is 6.04 Å². The average molecular weight is 267 g/mol. The first-order valence-corrected chi connectivity index (χ1v) is 7.85. The molecule has 4 heteroatoms. The van der Waals surface area contributed by atoms with Crippen molar-refractivity contribution in [3.63, 3.8) is 0 Å². The van der Waals surface area contributed by atoms with Crippen LogP contribution in [0.25, 0.3) is 0 Å². The van der Waals surface area contributed by atoms with E-state index in [-0.39, 0.29) is 18.0 Å². The summed E-state index contributed by atoms with van der Waals surface area (Å²) in [7, 11) is 0. The Morgan fingerprint density at radius 2 is 2.05 bits per heavy atom. The molecule has 4 nitrogen and oxygen atoms in total. The van der Waals surface area contributed by atoms with Crippen LogP contribution in [-0.4, -0.2) is 48.6 Å². The lowest BCUT2D eigenvalue weighted by Crippen LogP contribution is -2.52. The highest BCUT2D eigenvalue weighted by Gasteiger charge is 2.32. The fourth-order valence-corrected chi connectivity index (χ4v) is 3.41. The van der Waals surface area contributed by atoms with Crippen LogP contribution in [0.5, 0.6) is 0 Å². The van der Waals surface area contributed by atoms with Crippen molar-refractivity contribution in [2.75, 3.05) is 19.6 Å². The first kappa shape index (κ1) is 14.8. The molecular weight excluding hydrogens is 238 g/mol. The molecule has 0 aliphatic carbocycles. The molecule has 0 spiro atoms. The predicted molar refractivity (Wildman–Crippen MR) is 78.1 cm³/mol. The van der Waals surface area contributed by atoms with Gasteiger partial charge < -0.3 is 10.6 Å². The highest BCUT2D eigenvalue weighted by Crippen LogP contribution is 2.25. The van der Waals surface area contributed by atoms with E-state index in [1.54, 1.807) is 0 Å². The maximum Gasteiger partial charge on any atom is 0.237 e. The fourth-order valence-electron chi connectivity index (χ4n) is 3.41. The molecule has 0 aromatic rings. The van der Waals surface area contributed by atoms with E-state index in [0.717, 1.165) is 19.0 Å². The molecule has 3 atom stereocenters. The van der Waals surface area contributed by atoms with Crippen LogP contribution < -0.4 is 10.6 Å². The molecule has 1 amide bonds. The van der Waals surface area contributed by atoms with Crippen molar-refractivity contribution in [3.8, 4) is 0 Å². The number of carbonyl (C=O) groups excluding carboxylic acids is 1.